The largest absolute Gasteiger partial charge is 0.493 e. The summed E-state index contributed by atoms with van der Waals surface area (Å²) in [5.74, 6) is 0.789. The minimum atomic E-state index is -0.445. The summed E-state index contributed by atoms with van der Waals surface area (Å²) in [7, 11) is 1.53. The zero-order chi connectivity index (χ0) is 21.5. The summed E-state index contributed by atoms with van der Waals surface area (Å²) < 4.78 is 12.1. The normalized spacial score (nSPS) is 10.7. The molecule has 30 heavy (non-hydrogen) atoms. The number of halogens is 1. The van der Waals surface area contributed by atoms with E-state index < -0.39 is 4.92 Å². The molecule has 0 fully saturated rings. The Hall–Kier alpha value is -2.99. The van der Waals surface area contributed by atoms with Crippen molar-refractivity contribution in [1.29, 1.82) is 0 Å². The van der Waals surface area contributed by atoms with Crippen molar-refractivity contribution in [3.63, 3.8) is 0 Å². The van der Waals surface area contributed by atoms with E-state index in [1.807, 2.05) is 11.4 Å². The van der Waals surface area contributed by atoms with Crippen LogP contribution < -0.4 is 14.9 Å². The quantitative estimate of drug-likeness (QED) is 0.196. The number of carbonyl (C=O) groups excluding carboxylic acids is 1. The van der Waals surface area contributed by atoms with E-state index in [1.54, 1.807) is 30.3 Å². The van der Waals surface area contributed by atoms with Crippen LogP contribution in [0.25, 0.3) is 0 Å². The van der Waals surface area contributed by atoms with E-state index in [2.05, 4.69) is 33.1 Å². The highest BCUT2D eigenvalue weighted by Crippen LogP contribution is 2.34. The summed E-state index contributed by atoms with van der Waals surface area (Å²) >= 11 is 3.46. The van der Waals surface area contributed by atoms with E-state index in [4.69, 9.17) is 9.47 Å². The van der Waals surface area contributed by atoms with Crippen LogP contribution in [0, 0.1) is 13.7 Å². The van der Waals surface area contributed by atoms with Crippen LogP contribution in [-0.4, -0.2) is 24.2 Å². The molecule has 0 radical (unpaired) electrons. The average molecular weight is 537 g/mol. The zero-order valence-electron chi connectivity index (χ0n) is 15.7. The smallest absolute Gasteiger partial charge is 0.281 e. The second-order valence-electron chi connectivity index (χ2n) is 5.92. The molecule has 10 heteroatoms. The van der Waals surface area contributed by atoms with Gasteiger partial charge < -0.3 is 9.47 Å². The Labute approximate surface area is 189 Å². The number of non-ortho nitro benzene ring substituents is 1. The topological polar surface area (TPSA) is 103 Å². The van der Waals surface area contributed by atoms with Gasteiger partial charge in [0, 0.05) is 12.1 Å². The van der Waals surface area contributed by atoms with Gasteiger partial charge in [-0.25, -0.2) is 5.43 Å². The molecule has 1 heterocycles. The predicted octanol–water partition coefficient (Wildman–Crippen LogP) is 4.61. The van der Waals surface area contributed by atoms with Gasteiger partial charge in [0.15, 0.2) is 11.5 Å². The summed E-state index contributed by atoms with van der Waals surface area (Å²) in [5, 5.41) is 16.6. The lowest BCUT2D eigenvalue weighted by Gasteiger charge is -2.13. The first-order chi connectivity index (χ1) is 14.5. The van der Waals surface area contributed by atoms with Crippen molar-refractivity contribution in [2.75, 3.05) is 7.11 Å². The van der Waals surface area contributed by atoms with E-state index in [9.17, 15) is 14.9 Å². The molecule has 0 aliphatic rings. The lowest BCUT2D eigenvalue weighted by Crippen LogP contribution is -2.16. The van der Waals surface area contributed by atoms with E-state index in [0.29, 0.717) is 16.4 Å². The highest BCUT2D eigenvalue weighted by atomic mass is 127. The fourth-order valence-electron chi connectivity index (χ4n) is 2.45. The number of methoxy groups -OCH3 is 1. The van der Waals surface area contributed by atoms with Gasteiger partial charge in [0.2, 0.25) is 0 Å². The maximum Gasteiger partial charge on any atom is 0.281 e. The monoisotopic (exact) mass is 537 g/mol. The van der Waals surface area contributed by atoms with E-state index >= 15 is 0 Å². The SMILES string of the molecule is COc1cc(/C=N/NC(=O)c2cccs2)cc(I)c1OCc1ccc([N+](=O)[O-])cc1. The second-order valence-corrected chi connectivity index (χ2v) is 8.03. The van der Waals surface area contributed by atoms with Crippen molar-refractivity contribution in [2.24, 2.45) is 5.10 Å². The second kappa shape index (κ2) is 10.2. The van der Waals surface area contributed by atoms with E-state index in [0.717, 1.165) is 14.7 Å². The summed E-state index contributed by atoms with van der Waals surface area (Å²) in [4.78, 5) is 22.8. The molecule has 154 valence electrons. The average Bonchev–Trinajstić information content (AvgIpc) is 3.28. The van der Waals surface area contributed by atoms with Crippen LogP contribution in [0.15, 0.2) is 59.0 Å². The molecular weight excluding hydrogens is 521 g/mol. The van der Waals surface area contributed by atoms with Gasteiger partial charge in [-0.15, -0.1) is 11.3 Å². The number of nitro benzene ring substituents is 1. The molecule has 0 spiro atoms. The Morgan fingerprint density at radius 2 is 2.07 bits per heavy atom. The number of carbonyl (C=O) groups is 1. The minimum absolute atomic E-state index is 0.0284. The number of amides is 1. The third kappa shape index (κ3) is 5.54. The molecule has 1 N–H and O–H groups in total. The van der Waals surface area contributed by atoms with Crippen molar-refractivity contribution in [1.82, 2.24) is 5.43 Å². The number of nitrogens with one attached hydrogen (secondary N) is 1. The highest BCUT2D eigenvalue weighted by Gasteiger charge is 2.12. The number of thiophene rings is 1. The van der Waals surface area contributed by atoms with Gasteiger partial charge in [0.05, 0.1) is 26.7 Å². The van der Waals surface area contributed by atoms with Gasteiger partial charge in [-0.05, 0) is 69.4 Å². The van der Waals surface area contributed by atoms with Gasteiger partial charge >= 0.3 is 0 Å². The Morgan fingerprint density at radius 3 is 2.70 bits per heavy atom. The first-order valence-corrected chi connectivity index (χ1v) is 10.5. The molecule has 0 aliphatic heterocycles. The van der Waals surface area contributed by atoms with Gasteiger partial charge in [0.1, 0.15) is 6.61 Å². The number of hydrogen-bond donors (Lipinski definition) is 1. The molecule has 1 amide bonds. The molecular formula is C20H16IN3O5S. The third-order valence-corrected chi connectivity index (χ3v) is 5.58. The maximum atomic E-state index is 11.9. The fraction of sp³-hybridized carbons (Fsp3) is 0.100. The molecule has 3 rings (SSSR count). The Morgan fingerprint density at radius 1 is 1.30 bits per heavy atom. The lowest BCUT2D eigenvalue weighted by atomic mass is 10.2. The first-order valence-electron chi connectivity index (χ1n) is 8.58. The molecule has 0 atom stereocenters. The first kappa shape index (κ1) is 21.7. The number of ether oxygens (including phenoxy) is 2. The van der Waals surface area contributed by atoms with E-state index in [-0.39, 0.29) is 18.2 Å². The fourth-order valence-corrected chi connectivity index (χ4v) is 3.85. The Bertz CT molecular complexity index is 1070. The van der Waals surface area contributed by atoms with Gasteiger partial charge in [0.25, 0.3) is 11.6 Å². The summed E-state index contributed by atoms with van der Waals surface area (Å²) in [5.41, 5.74) is 4.03. The van der Waals surface area contributed by atoms with Crippen molar-refractivity contribution in [2.45, 2.75) is 6.61 Å². The van der Waals surface area contributed by atoms with Crippen LogP contribution in [0.4, 0.5) is 5.69 Å². The molecule has 2 aromatic carbocycles. The van der Waals surface area contributed by atoms with Crippen molar-refractivity contribution in [3.8, 4) is 11.5 Å². The molecule has 0 saturated heterocycles. The summed E-state index contributed by atoms with van der Waals surface area (Å²) in [6.07, 6.45) is 1.52. The van der Waals surface area contributed by atoms with Crippen LogP contribution in [0.1, 0.15) is 20.8 Å². The lowest BCUT2D eigenvalue weighted by molar-refractivity contribution is -0.384. The molecule has 3 aromatic rings. The summed E-state index contributed by atoms with van der Waals surface area (Å²) in [6, 6.07) is 13.3. The van der Waals surface area contributed by atoms with Crippen LogP contribution in [0.2, 0.25) is 0 Å². The van der Waals surface area contributed by atoms with Gasteiger partial charge in [-0.3, -0.25) is 14.9 Å². The maximum absolute atomic E-state index is 11.9. The van der Waals surface area contributed by atoms with Gasteiger partial charge in [-0.1, -0.05) is 6.07 Å². The number of rotatable bonds is 8. The number of nitro groups is 1. The Balaban J connectivity index is 1.68. The summed E-state index contributed by atoms with van der Waals surface area (Å²) in [6.45, 7) is 0.231. The van der Waals surface area contributed by atoms with Crippen LogP contribution in [-0.2, 0) is 6.61 Å². The standard InChI is InChI=1S/C20H16IN3O5S/c1-28-17-10-14(11-22-23-20(25)18-3-2-8-30-18)9-16(21)19(17)29-12-13-4-6-15(7-5-13)24(26)27/h2-11H,12H2,1H3,(H,23,25)/b22-11+. The van der Waals surface area contributed by atoms with Crippen LogP contribution >= 0.6 is 33.9 Å². The van der Waals surface area contributed by atoms with Crippen molar-refractivity contribution in [3.05, 3.63) is 83.6 Å². The van der Waals surface area contributed by atoms with Crippen molar-refractivity contribution >= 4 is 51.7 Å². The third-order valence-electron chi connectivity index (χ3n) is 3.91. The van der Waals surface area contributed by atoms with Gasteiger partial charge in [-0.2, -0.15) is 5.10 Å². The van der Waals surface area contributed by atoms with Crippen LogP contribution in [0.3, 0.4) is 0 Å². The van der Waals surface area contributed by atoms with E-state index in [1.165, 1.54) is 36.8 Å². The van der Waals surface area contributed by atoms with Crippen LogP contribution in [0.5, 0.6) is 11.5 Å². The number of hydrogen-bond acceptors (Lipinski definition) is 7. The molecule has 0 unspecified atom stereocenters. The zero-order valence-corrected chi connectivity index (χ0v) is 18.7. The minimum Gasteiger partial charge on any atom is -0.493 e. The molecule has 0 aliphatic carbocycles. The number of hydrazone groups is 1. The molecule has 0 saturated carbocycles. The highest BCUT2D eigenvalue weighted by molar-refractivity contribution is 14.1. The molecule has 0 bridgehead atoms. The van der Waals surface area contributed by atoms with Crippen molar-refractivity contribution < 1.29 is 19.2 Å². The molecule has 8 nitrogen and oxygen atoms in total. The predicted molar refractivity (Wildman–Crippen MR) is 123 cm³/mol. The Kier molecular flexibility index (Phi) is 7.36. The number of nitrogens with zero attached hydrogens (tertiary/aromatic N) is 2. The number of benzene rings is 2. The molecule has 1 aromatic heterocycles.